The van der Waals surface area contributed by atoms with Crippen molar-refractivity contribution >= 4 is 55.9 Å². The zero-order valence-corrected chi connectivity index (χ0v) is 38.0. The molecule has 11 aromatic carbocycles. The fourth-order valence-electron chi connectivity index (χ4n) is 9.81. The molecule has 0 bridgehead atoms. The Morgan fingerprint density at radius 2 is 0.551 bits per heavy atom. The monoisotopic (exact) mass is 881 g/mol. The molecule has 326 valence electrons. The molecule has 1 aromatic heterocycles. The van der Waals surface area contributed by atoms with Gasteiger partial charge in [-0.2, -0.15) is 0 Å². The Labute approximate surface area is 403 Å². The Kier molecular flexibility index (Phi) is 10.9. The van der Waals surface area contributed by atoms with Crippen molar-refractivity contribution in [1.82, 2.24) is 4.57 Å². The largest absolute Gasteiger partial charge is 0.310 e. The lowest BCUT2D eigenvalue weighted by Gasteiger charge is -2.31. The molecule has 0 saturated heterocycles. The number of benzene rings is 11. The van der Waals surface area contributed by atoms with Crippen molar-refractivity contribution in [2.24, 2.45) is 0 Å². The summed E-state index contributed by atoms with van der Waals surface area (Å²) in [6.07, 6.45) is 0. The first-order chi connectivity index (χ1) is 34.2. The van der Waals surface area contributed by atoms with Crippen LogP contribution < -0.4 is 9.80 Å². The highest BCUT2D eigenvalue weighted by atomic mass is 15.2. The molecule has 1 heterocycles. The summed E-state index contributed by atoms with van der Waals surface area (Å²) in [4.78, 5) is 4.86. The van der Waals surface area contributed by atoms with Gasteiger partial charge >= 0.3 is 0 Å². The molecule has 12 aromatic rings. The molecule has 0 amide bonds. The molecule has 12 rings (SSSR count). The summed E-state index contributed by atoms with van der Waals surface area (Å²) in [6, 6.07) is 103. The second kappa shape index (κ2) is 18.2. The van der Waals surface area contributed by atoms with Gasteiger partial charge in [0.1, 0.15) is 0 Å². The Bertz CT molecular complexity index is 3480. The van der Waals surface area contributed by atoms with Crippen molar-refractivity contribution in [3.05, 3.63) is 285 Å². The summed E-state index contributed by atoms with van der Waals surface area (Å²) in [6.45, 7) is 0. The summed E-state index contributed by atoms with van der Waals surface area (Å²) in [7, 11) is 0. The maximum atomic E-state index is 2.45. The smallest absolute Gasteiger partial charge is 0.0783 e. The van der Waals surface area contributed by atoms with Gasteiger partial charge in [-0.1, -0.05) is 206 Å². The van der Waals surface area contributed by atoms with Crippen molar-refractivity contribution < 1.29 is 0 Å². The molecule has 0 aliphatic heterocycles. The van der Waals surface area contributed by atoms with E-state index in [0.717, 1.165) is 56.2 Å². The minimum atomic E-state index is 1.04. The Balaban J connectivity index is 1.13. The lowest BCUT2D eigenvalue weighted by atomic mass is 10.0. The molecular formula is C66H47N3. The third-order valence-electron chi connectivity index (χ3n) is 13.2. The molecule has 3 heteroatoms. The predicted molar refractivity (Wildman–Crippen MR) is 292 cm³/mol. The van der Waals surface area contributed by atoms with Crippen LogP contribution in [0.5, 0.6) is 0 Å². The second-order valence-corrected chi connectivity index (χ2v) is 17.4. The molecule has 69 heavy (non-hydrogen) atoms. The molecule has 3 nitrogen and oxygen atoms in total. The maximum absolute atomic E-state index is 2.45. The van der Waals surface area contributed by atoms with E-state index in [1.54, 1.807) is 0 Å². The van der Waals surface area contributed by atoms with Gasteiger partial charge < -0.3 is 14.4 Å². The van der Waals surface area contributed by atoms with Gasteiger partial charge in [0, 0.05) is 44.9 Å². The molecule has 0 fully saturated rings. The van der Waals surface area contributed by atoms with Crippen LogP contribution in [0.1, 0.15) is 0 Å². The van der Waals surface area contributed by atoms with Crippen LogP contribution in [0.15, 0.2) is 285 Å². The lowest BCUT2D eigenvalue weighted by molar-refractivity contribution is 1.16. The minimum absolute atomic E-state index is 1.04. The van der Waals surface area contributed by atoms with E-state index in [-0.39, 0.29) is 0 Å². The van der Waals surface area contributed by atoms with Crippen molar-refractivity contribution in [2.75, 3.05) is 9.80 Å². The Hall–Kier alpha value is -9.18. The number of hydrogen-bond donors (Lipinski definition) is 0. The number of hydrogen-bond acceptors (Lipinski definition) is 2. The van der Waals surface area contributed by atoms with E-state index in [1.807, 2.05) is 0 Å². The van der Waals surface area contributed by atoms with Crippen LogP contribution in [-0.4, -0.2) is 4.57 Å². The average Bonchev–Trinajstić information content (AvgIpc) is 3.77. The minimum Gasteiger partial charge on any atom is -0.310 e. The number of fused-ring (bicyclic) bond motifs is 3. The summed E-state index contributed by atoms with van der Waals surface area (Å²) >= 11 is 0. The lowest BCUT2D eigenvalue weighted by Crippen LogP contribution is -2.14. The van der Waals surface area contributed by atoms with Gasteiger partial charge in [0.05, 0.1) is 16.7 Å². The van der Waals surface area contributed by atoms with Crippen molar-refractivity contribution in [1.29, 1.82) is 0 Å². The fraction of sp³-hybridized carbons (Fsp3) is 0. The predicted octanol–water partition coefficient (Wildman–Crippen LogP) is 18.4. The highest BCUT2D eigenvalue weighted by Crippen LogP contribution is 2.48. The topological polar surface area (TPSA) is 11.4 Å². The van der Waals surface area contributed by atoms with E-state index >= 15 is 0 Å². The van der Waals surface area contributed by atoms with Crippen LogP contribution in [0, 0.1) is 0 Å². The van der Waals surface area contributed by atoms with E-state index in [0.29, 0.717) is 0 Å². The maximum Gasteiger partial charge on any atom is 0.0783 e. The highest BCUT2D eigenvalue weighted by molar-refractivity contribution is 6.16. The third kappa shape index (κ3) is 8.03. The van der Waals surface area contributed by atoms with Crippen molar-refractivity contribution in [2.45, 2.75) is 0 Å². The summed E-state index contributed by atoms with van der Waals surface area (Å²) < 4.78 is 2.45. The first-order valence-corrected chi connectivity index (χ1v) is 23.6. The standard InChI is InChI=1S/C66H47N3/c1-6-18-48(19-7-1)52-30-38-57(39-31-52)67(58-40-32-53(33-41-58)49-20-8-2-9-21-49)61-46-63-62-28-16-17-29-64(62)69(56-26-14-5-15-27-56)66(63)65(47-61)68(59-42-34-54(35-43-59)50-22-10-3-11-23-50)60-44-36-55(37-45-60)51-24-12-4-13-25-51/h1-47H. The molecule has 0 unspecified atom stereocenters. The van der Waals surface area contributed by atoms with E-state index in [4.69, 9.17) is 0 Å². The molecule has 0 N–H and O–H groups in total. The quantitative estimate of drug-likeness (QED) is 0.128. The fourth-order valence-corrected chi connectivity index (χ4v) is 9.81. The van der Waals surface area contributed by atoms with Crippen molar-refractivity contribution in [3.8, 4) is 50.2 Å². The number of rotatable bonds is 11. The van der Waals surface area contributed by atoms with Crippen LogP contribution >= 0.6 is 0 Å². The normalized spacial score (nSPS) is 11.2. The molecular weight excluding hydrogens is 835 g/mol. The van der Waals surface area contributed by atoms with Gasteiger partial charge in [0.15, 0.2) is 0 Å². The zero-order valence-electron chi connectivity index (χ0n) is 38.0. The summed E-state index contributed by atoms with van der Waals surface area (Å²) in [5, 5.41) is 2.33. The molecule has 0 spiro atoms. The number of aromatic nitrogens is 1. The molecule has 0 atom stereocenters. The summed E-state index contributed by atoms with van der Waals surface area (Å²) in [5.74, 6) is 0. The Morgan fingerprint density at radius 3 is 0.942 bits per heavy atom. The number of anilines is 6. The number of para-hydroxylation sites is 2. The highest BCUT2D eigenvalue weighted by Gasteiger charge is 2.25. The van der Waals surface area contributed by atoms with Gasteiger partial charge in [-0.15, -0.1) is 0 Å². The third-order valence-corrected chi connectivity index (χ3v) is 13.2. The van der Waals surface area contributed by atoms with Crippen LogP contribution in [0.2, 0.25) is 0 Å². The van der Waals surface area contributed by atoms with E-state index in [1.165, 1.54) is 49.9 Å². The first-order valence-electron chi connectivity index (χ1n) is 23.6. The van der Waals surface area contributed by atoms with Gasteiger partial charge in [-0.3, -0.25) is 0 Å². The number of nitrogens with zero attached hydrogens (tertiary/aromatic N) is 3. The van der Waals surface area contributed by atoms with Crippen LogP contribution in [-0.2, 0) is 0 Å². The molecule has 0 aliphatic rings. The van der Waals surface area contributed by atoms with Crippen LogP contribution in [0.4, 0.5) is 34.1 Å². The van der Waals surface area contributed by atoms with Gasteiger partial charge in [0.25, 0.3) is 0 Å². The van der Waals surface area contributed by atoms with E-state index < -0.39 is 0 Å². The van der Waals surface area contributed by atoms with E-state index in [2.05, 4.69) is 299 Å². The SMILES string of the molecule is c1ccc(-c2ccc(N(c3ccc(-c4ccccc4)cc3)c3cc(N(c4ccc(-c5ccccc5)cc4)c4ccc(-c5ccccc5)cc4)c4c(c3)c3ccccc3n4-c3ccccc3)cc2)cc1. The van der Waals surface area contributed by atoms with Gasteiger partial charge in [0.2, 0.25) is 0 Å². The van der Waals surface area contributed by atoms with Gasteiger partial charge in [-0.05, 0) is 123 Å². The van der Waals surface area contributed by atoms with Crippen molar-refractivity contribution in [3.63, 3.8) is 0 Å². The Morgan fingerprint density at radius 1 is 0.232 bits per heavy atom. The van der Waals surface area contributed by atoms with E-state index in [9.17, 15) is 0 Å². The van der Waals surface area contributed by atoms with Crippen LogP contribution in [0.25, 0.3) is 72.0 Å². The van der Waals surface area contributed by atoms with Gasteiger partial charge in [-0.25, -0.2) is 0 Å². The average molecular weight is 882 g/mol. The zero-order chi connectivity index (χ0) is 45.9. The first kappa shape index (κ1) is 41.3. The second-order valence-electron chi connectivity index (χ2n) is 17.4. The molecule has 0 radical (unpaired) electrons. The van der Waals surface area contributed by atoms with Crippen LogP contribution in [0.3, 0.4) is 0 Å². The molecule has 0 aliphatic carbocycles. The molecule has 0 saturated carbocycles. The summed E-state index contributed by atoms with van der Waals surface area (Å²) in [5.41, 5.74) is 19.1.